The Labute approximate surface area is 144 Å². The lowest BCUT2D eigenvalue weighted by atomic mass is 10.1. The number of aromatic hydroxyl groups is 1. The Morgan fingerprint density at radius 1 is 1.32 bits per heavy atom. The number of amides is 1. The van der Waals surface area contributed by atoms with Crippen LogP contribution in [-0.2, 0) is 14.8 Å². The highest BCUT2D eigenvalue weighted by Gasteiger charge is 2.42. The molecule has 3 rings (SSSR count). The molecule has 1 unspecified atom stereocenters. The molecule has 0 bridgehead atoms. The van der Waals surface area contributed by atoms with Gasteiger partial charge >= 0.3 is 0 Å². The fraction of sp³-hybridized carbons (Fsp3) is 0.533. The Hall–Kier alpha value is -1.78. The Balaban J connectivity index is 1.79. The van der Waals surface area contributed by atoms with Gasteiger partial charge in [-0.15, -0.1) is 0 Å². The maximum Gasteiger partial charge on any atom is 0.262 e. The number of phenolic OH excluding ortho intramolecular Hbond substituents is 1. The van der Waals surface area contributed by atoms with E-state index in [1.165, 1.54) is 10.4 Å². The van der Waals surface area contributed by atoms with Crippen molar-refractivity contribution in [3.8, 4) is 5.75 Å². The normalized spacial score (nSPS) is 23.7. The number of benzene rings is 1. The summed E-state index contributed by atoms with van der Waals surface area (Å²) in [5, 5.41) is 14.6. The number of sulfonamides is 1. The Bertz CT molecular complexity index is 779. The van der Waals surface area contributed by atoms with Gasteiger partial charge in [0.05, 0.1) is 23.2 Å². The van der Waals surface area contributed by atoms with Crippen LogP contribution in [0.1, 0.15) is 19.3 Å². The van der Waals surface area contributed by atoms with Crippen LogP contribution in [0.5, 0.6) is 5.75 Å². The molecule has 0 radical (unpaired) electrons. The molecular weight excluding hydrogens is 356 g/mol. The Morgan fingerprint density at radius 3 is 2.60 bits per heavy atom. The molecule has 1 amide bonds. The number of anilines is 1. The molecule has 10 heteroatoms. The Kier molecular flexibility index (Phi) is 4.69. The van der Waals surface area contributed by atoms with Crippen molar-refractivity contribution in [1.82, 2.24) is 9.62 Å². The summed E-state index contributed by atoms with van der Waals surface area (Å²) in [5.74, 6) is -4.05. The molecule has 2 fully saturated rings. The highest BCUT2D eigenvalue weighted by atomic mass is 32.2. The van der Waals surface area contributed by atoms with Gasteiger partial charge in [0, 0.05) is 19.5 Å². The number of nitrogens with zero attached hydrogens (tertiary/aromatic N) is 1. The van der Waals surface area contributed by atoms with E-state index in [0.717, 1.165) is 25.0 Å². The van der Waals surface area contributed by atoms with Crippen LogP contribution in [0.2, 0.25) is 0 Å². The quantitative estimate of drug-likeness (QED) is 0.685. The molecule has 3 N–H and O–H groups in total. The Morgan fingerprint density at radius 2 is 2.00 bits per heavy atom. The third-order valence-corrected chi connectivity index (χ3v) is 6.25. The zero-order chi connectivity index (χ0) is 18.2. The molecule has 2 heterocycles. The standard InChI is InChI=1S/C15H19F2N3O4S/c16-15(17)8-12(18-9-15)14(22)19-11-7-10(3-4-13(11)21)25(23,24)20-5-1-2-6-20/h3-4,7,12,18,21H,1-2,5-6,8-9H2,(H,19,22). The number of alkyl halides is 2. The first-order valence-corrected chi connectivity index (χ1v) is 9.38. The number of nitrogens with one attached hydrogen (secondary N) is 2. The number of hydrogen-bond acceptors (Lipinski definition) is 5. The molecule has 0 spiro atoms. The lowest BCUT2D eigenvalue weighted by molar-refractivity contribution is -0.118. The average molecular weight is 375 g/mol. The van der Waals surface area contributed by atoms with Crippen molar-refractivity contribution in [2.24, 2.45) is 0 Å². The largest absolute Gasteiger partial charge is 0.506 e. The van der Waals surface area contributed by atoms with Gasteiger partial charge in [-0.1, -0.05) is 0 Å². The van der Waals surface area contributed by atoms with E-state index in [1.807, 2.05) is 0 Å². The number of carbonyl (C=O) groups excluding carboxylic acids is 1. The summed E-state index contributed by atoms with van der Waals surface area (Å²) >= 11 is 0. The molecule has 1 aromatic carbocycles. The van der Waals surface area contributed by atoms with E-state index < -0.39 is 40.9 Å². The van der Waals surface area contributed by atoms with Crippen LogP contribution in [0.4, 0.5) is 14.5 Å². The van der Waals surface area contributed by atoms with E-state index in [-0.39, 0.29) is 16.3 Å². The number of carbonyl (C=O) groups is 1. The predicted molar refractivity (Wildman–Crippen MR) is 86.1 cm³/mol. The molecule has 2 aliphatic rings. The first-order valence-electron chi connectivity index (χ1n) is 7.94. The summed E-state index contributed by atoms with van der Waals surface area (Å²) in [6, 6.07) is 2.46. The van der Waals surface area contributed by atoms with Gasteiger partial charge in [0.1, 0.15) is 5.75 Å². The molecule has 1 atom stereocenters. The summed E-state index contributed by atoms with van der Waals surface area (Å²) in [6.07, 6.45) is 0.913. The van der Waals surface area contributed by atoms with E-state index in [2.05, 4.69) is 10.6 Å². The van der Waals surface area contributed by atoms with Gasteiger partial charge in [-0.2, -0.15) is 4.31 Å². The van der Waals surface area contributed by atoms with Gasteiger partial charge in [0.2, 0.25) is 15.9 Å². The maximum atomic E-state index is 13.2. The van der Waals surface area contributed by atoms with Crippen molar-refractivity contribution in [2.45, 2.75) is 36.1 Å². The summed E-state index contributed by atoms with van der Waals surface area (Å²) in [5.41, 5.74) is -0.123. The predicted octanol–water partition coefficient (Wildman–Crippen LogP) is 1.11. The number of hydrogen-bond donors (Lipinski definition) is 3. The van der Waals surface area contributed by atoms with Gasteiger partial charge in [-0.3, -0.25) is 10.1 Å². The van der Waals surface area contributed by atoms with Crippen LogP contribution in [-0.4, -0.2) is 55.3 Å². The monoisotopic (exact) mass is 375 g/mol. The topological polar surface area (TPSA) is 98.7 Å². The molecule has 7 nitrogen and oxygen atoms in total. The van der Waals surface area contributed by atoms with Gasteiger partial charge in [-0.25, -0.2) is 17.2 Å². The fourth-order valence-electron chi connectivity index (χ4n) is 2.97. The van der Waals surface area contributed by atoms with Crippen molar-refractivity contribution in [3.63, 3.8) is 0 Å². The third kappa shape index (κ3) is 3.75. The van der Waals surface area contributed by atoms with Gasteiger partial charge in [-0.05, 0) is 31.0 Å². The van der Waals surface area contributed by atoms with Crippen LogP contribution in [0.15, 0.2) is 23.1 Å². The van der Waals surface area contributed by atoms with Crippen LogP contribution < -0.4 is 10.6 Å². The van der Waals surface area contributed by atoms with Crippen molar-refractivity contribution >= 4 is 21.6 Å². The van der Waals surface area contributed by atoms with Crippen LogP contribution in [0.25, 0.3) is 0 Å². The van der Waals surface area contributed by atoms with Gasteiger partial charge in [0.25, 0.3) is 5.92 Å². The molecule has 138 valence electrons. The van der Waals surface area contributed by atoms with Crippen LogP contribution >= 0.6 is 0 Å². The SMILES string of the molecule is O=C(Nc1cc(S(=O)(=O)N2CCCC2)ccc1O)C1CC(F)(F)CN1. The van der Waals surface area contributed by atoms with E-state index in [0.29, 0.717) is 13.1 Å². The highest BCUT2D eigenvalue weighted by molar-refractivity contribution is 7.89. The minimum atomic E-state index is -3.72. The number of phenols is 1. The van der Waals surface area contributed by atoms with Crippen molar-refractivity contribution in [2.75, 3.05) is 25.0 Å². The van der Waals surface area contributed by atoms with E-state index in [4.69, 9.17) is 0 Å². The van der Waals surface area contributed by atoms with Crippen LogP contribution in [0, 0.1) is 0 Å². The minimum Gasteiger partial charge on any atom is -0.506 e. The number of rotatable bonds is 4. The summed E-state index contributed by atoms with van der Waals surface area (Å²) in [7, 11) is -3.72. The zero-order valence-corrected chi connectivity index (χ0v) is 14.2. The average Bonchev–Trinajstić information content (AvgIpc) is 3.19. The molecule has 2 aliphatic heterocycles. The molecule has 0 saturated carbocycles. The van der Waals surface area contributed by atoms with Crippen LogP contribution in [0.3, 0.4) is 0 Å². The van der Waals surface area contributed by atoms with Gasteiger partial charge < -0.3 is 10.4 Å². The van der Waals surface area contributed by atoms with Crippen molar-refractivity contribution in [3.05, 3.63) is 18.2 Å². The highest BCUT2D eigenvalue weighted by Crippen LogP contribution is 2.31. The van der Waals surface area contributed by atoms with E-state index in [9.17, 15) is 27.1 Å². The van der Waals surface area contributed by atoms with E-state index >= 15 is 0 Å². The molecule has 1 aromatic rings. The molecular formula is C15H19F2N3O4S. The first-order chi connectivity index (χ1) is 11.7. The molecule has 25 heavy (non-hydrogen) atoms. The molecule has 2 saturated heterocycles. The molecule has 0 aromatic heterocycles. The second-order valence-electron chi connectivity index (χ2n) is 6.27. The third-order valence-electron chi connectivity index (χ3n) is 4.36. The summed E-state index contributed by atoms with van der Waals surface area (Å²) in [6.45, 7) is 0.248. The lowest BCUT2D eigenvalue weighted by Gasteiger charge is -2.17. The van der Waals surface area contributed by atoms with Gasteiger partial charge in [0.15, 0.2) is 0 Å². The van der Waals surface area contributed by atoms with E-state index in [1.54, 1.807) is 0 Å². The second-order valence-corrected chi connectivity index (χ2v) is 8.21. The van der Waals surface area contributed by atoms with Crippen molar-refractivity contribution in [1.29, 1.82) is 0 Å². The fourth-order valence-corrected chi connectivity index (χ4v) is 4.52. The smallest absolute Gasteiger partial charge is 0.262 e. The second kappa shape index (κ2) is 6.50. The first kappa shape index (κ1) is 18.0. The summed E-state index contributed by atoms with van der Waals surface area (Å²) < 4.78 is 52.8. The summed E-state index contributed by atoms with van der Waals surface area (Å²) in [4.78, 5) is 12.0. The molecule has 0 aliphatic carbocycles. The lowest BCUT2D eigenvalue weighted by Crippen LogP contribution is -2.35. The zero-order valence-electron chi connectivity index (χ0n) is 13.3. The minimum absolute atomic E-state index is 0.0628. The maximum absolute atomic E-state index is 13.2. The van der Waals surface area contributed by atoms with Crippen molar-refractivity contribution < 1.29 is 27.1 Å². The number of halogens is 2.